The minimum absolute atomic E-state index is 0.0935. The number of aliphatic imine (C=N–C) groups is 1. The minimum atomic E-state index is -0.0935. The van der Waals surface area contributed by atoms with E-state index in [9.17, 15) is 4.79 Å². The molecule has 0 spiro atoms. The lowest BCUT2D eigenvalue weighted by Gasteiger charge is -2.08. The Labute approximate surface area is 153 Å². The molecule has 1 aliphatic heterocycles. The summed E-state index contributed by atoms with van der Waals surface area (Å²) in [5.74, 6) is -0.0935. The van der Waals surface area contributed by atoms with Crippen molar-refractivity contribution >= 4 is 34.6 Å². The number of amidine groups is 1. The van der Waals surface area contributed by atoms with Crippen LogP contribution < -0.4 is 5.32 Å². The second kappa shape index (κ2) is 6.92. The van der Waals surface area contributed by atoms with Gasteiger partial charge in [-0.25, -0.2) is 4.99 Å². The summed E-state index contributed by atoms with van der Waals surface area (Å²) in [6.07, 6.45) is 4.01. The van der Waals surface area contributed by atoms with Crippen LogP contribution in [-0.4, -0.2) is 15.6 Å². The number of thioether (sulfide) groups is 1. The smallest absolute Gasteiger partial charge is 0.264 e. The Hall–Kier alpha value is -2.27. The van der Waals surface area contributed by atoms with E-state index < -0.39 is 0 Å². The summed E-state index contributed by atoms with van der Waals surface area (Å²) in [5.41, 5.74) is 5.45. The highest BCUT2D eigenvalue weighted by molar-refractivity contribution is 8.18. The lowest BCUT2D eigenvalue weighted by atomic mass is 10.1. The third-order valence-electron chi connectivity index (χ3n) is 4.37. The summed E-state index contributed by atoms with van der Waals surface area (Å²) in [4.78, 5) is 17.6. The Kier molecular flexibility index (Phi) is 4.86. The molecule has 5 heteroatoms. The second-order valence-corrected chi connectivity index (χ2v) is 7.65. The first-order chi connectivity index (χ1) is 11.8. The van der Waals surface area contributed by atoms with E-state index in [4.69, 9.17) is 0 Å². The number of hydrogen-bond donors (Lipinski definition) is 1. The van der Waals surface area contributed by atoms with Crippen molar-refractivity contribution in [2.24, 2.45) is 4.99 Å². The number of aromatic nitrogens is 1. The van der Waals surface area contributed by atoms with Crippen molar-refractivity contribution in [3.05, 3.63) is 57.8 Å². The number of nitrogens with one attached hydrogen (secondary N) is 1. The number of carbonyl (C=O) groups is 1. The fourth-order valence-corrected chi connectivity index (χ4v) is 3.68. The van der Waals surface area contributed by atoms with Crippen LogP contribution in [0.3, 0.4) is 0 Å². The summed E-state index contributed by atoms with van der Waals surface area (Å²) >= 11 is 1.39. The normalized spacial score (nSPS) is 17.8. The van der Waals surface area contributed by atoms with Gasteiger partial charge in [-0.2, -0.15) is 0 Å². The van der Waals surface area contributed by atoms with Crippen LogP contribution in [0.5, 0.6) is 0 Å². The van der Waals surface area contributed by atoms with E-state index >= 15 is 0 Å². The van der Waals surface area contributed by atoms with Crippen molar-refractivity contribution < 1.29 is 4.79 Å². The summed E-state index contributed by atoms with van der Waals surface area (Å²) < 4.78 is 2.20. The minimum Gasteiger partial charge on any atom is -0.349 e. The molecule has 0 saturated carbocycles. The van der Waals surface area contributed by atoms with Gasteiger partial charge in [0, 0.05) is 17.9 Å². The van der Waals surface area contributed by atoms with Gasteiger partial charge < -0.3 is 9.88 Å². The van der Waals surface area contributed by atoms with E-state index in [0.717, 1.165) is 16.8 Å². The van der Waals surface area contributed by atoms with Crippen LogP contribution in [0.25, 0.3) is 6.08 Å². The molecule has 3 rings (SSSR count). The predicted molar refractivity (Wildman–Crippen MR) is 106 cm³/mol. The van der Waals surface area contributed by atoms with Gasteiger partial charge in [-0.15, -0.1) is 0 Å². The molecule has 2 heterocycles. The molecule has 1 fully saturated rings. The summed E-state index contributed by atoms with van der Waals surface area (Å²) in [7, 11) is 0. The van der Waals surface area contributed by atoms with Gasteiger partial charge in [-0.1, -0.05) is 12.1 Å². The largest absolute Gasteiger partial charge is 0.349 e. The molecule has 0 aliphatic carbocycles. The molecule has 1 amide bonds. The van der Waals surface area contributed by atoms with Gasteiger partial charge in [-0.3, -0.25) is 4.79 Å². The van der Waals surface area contributed by atoms with Crippen molar-refractivity contribution in [3.63, 3.8) is 0 Å². The van der Waals surface area contributed by atoms with Crippen molar-refractivity contribution in [3.8, 4) is 0 Å². The SMILES string of the molecule is Cc1cccc(N=C2NC(=O)/C(=C\c3cc(C)n(C(C)C)c3)S2)c1C. The molecule has 1 saturated heterocycles. The van der Waals surface area contributed by atoms with Gasteiger partial charge in [0.15, 0.2) is 5.17 Å². The van der Waals surface area contributed by atoms with E-state index in [1.807, 2.05) is 25.1 Å². The van der Waals surface area contributed by atoms with Crippen LogP contribution >= 0.6 is 11.8 Å². The Balaban J connectivity index is 1.86. The highest BCUT2D eigenvalue weighted by Gasteiger charge is 2.24. The zero-order valence-corrected chi connectivity index (χ0v) is 16.1. The Morgan fingerprint density at radius 2 is 2.00 bits per heavy atom. The first kappa shape index (κ1) is 17.5. The molecule has 0 atom stereocenters. The number of rotatable bonds is 3. The zero-order chi connectivity index (χ0) is 18.1. The third kappa shape index (κ3) is 3.71. The number of amides is 1. The molecule has 4 nitrogen and oxygen atoms in total. The Morgan fingerprint density at radius 3 is 2.68 bits per heavy atom. The quantitative estimate of drug-likeness (QED) is 0.799. The maximum absolute atomic E-state index is 12.3. The van der Waals surface area contributed by atoms with Crippen molar-refractivity contribution in [1.82, 2.24) is 9.88 Å². The topological polar surface area (TPSA) is 46.4 Å². The highest BCUT2D eigenvalue weighted by atomic mass is 32.2. The van der Waals surface area contributed by atoms with E-state index in [1.165, 1.54) is 23.0 Å². The molecular weight excluding hydrogens is 330 g/mol. The maximum atomic E-state index is 12.3. The van der Waals surface area contributed by atoms with Crippen molar-refractivity contribution in [1.29, 1.82) is 0 Å². The molecule has 0 radical (unpaired) electrons. The van der Waals surface area contributed by atoms with E-state index in [1.54, 1.807) is 0 Å². The Bertz CT molecular complexity index is 890. The Morgan fingerprint density at radius 1 is 1.24 bits per heavy atom. The van der Waals surface area contributed by atoms with Crippen LogP contribution in [0.2, 0.25) is 0 Å². The van der Waals surface area contributed by atoms with Crippen LogP contribution in [0.4, 0.5) is 5.69 Å². The van der Waals surface area contributed by atoms with Gasteiger partial charge >= 0.3 is 0 Å². The standard InChI is InChI=1S/C20H23N3OS/c1-12(2)23-11-16(9-14(23)4)10-18-19(24)22-20(25-18)21-17-8-6-7-13(3)15(17)5/h6-12H,1-5H3,(H,21,22,24)/b18-10+. The molecule has 0 unspecified atom stereocenters. The molecule has 25 heavy (non-hydrogen) atoms. The van der Waals surface area contributed by atoms with Crippen molar-refractivity contribution in [2.75, 3.05) is 0 Å². The highest BCUT2D eigenvalue weighted by Crippen LogP contribution is 2.30. The number of benzene rings is 1. The number of hydrogen-bond acceptors (Lipinski definition) is 3. The monoisotopic (exact) mass is 353 g/mol. The van der Waals surface area contributed by atoms with Crippen LogP contribution in [0.15, 0.2) is 40.4 Å². The fourth-order valence-electron chi connectivity index (χ4n) is 2.85. The van der Waals surface area contributed by atoms with Gasteiger partial charge in [-0.05, 0) is 81.3 Å². The van der Waals surface area contributed by atoms with Gasteiger partial charge in [0.1, 0.15) is 0 Å². The lowest BCUT2D eigenvalue weighted by molar-refractivity contribution is -0.115. The second-order valence-electron chi connectivity index (χ2n) is 6.62. The van der Waals surface area contributed by atoms with Crippen LogP contribution in [0.1, 0.15) is 42.3 Å². The van der Waals surface area contributed by atoms with Gasteiger partial charge in [0.25, 0.3) is 5.91 Å². The molecule has 1 aromatic carbocycles. The van der Waals surface area contributed by atoms with E-state index in [2.05, 4.69) is 60.9 Å². The van der Waals surface area contributed by atoms with Crippen LogP contribution in [-0.2, 0) is 4.79 Å². The number of nitrogens with zero attached hydrogens (tertiary/aromatic N) is 2. The summed E-state index contributed by atoms with van der Waals surface area (Å²) in [6.45, 7) is 10.5. The van der Waals surface area contributed by atoms with E-state index in [0.29, 0.717) is 16.1 Å². The zero-order valence-electron chi connectivity index (χ0n) is 15.3. The molecule has 1 aliphatic rings. The van der Waals surface area contributed by atoms with E-state index in [-0.39, 0.29) is 5.91 Å². The predicted octanol–water partition coefficient (Wildman–Crippen LogP) is 4.89. The molecule has 0 bridgehead atoms. The number of carbonyl (C=O) groups excluding carboxylic acids is 1. The summed E-state index contributed by atoms with van der Waals surface area (Å²) in [5, 5.41) is 3.49. The average Bonchev–Trinajstić information content (AvgIpc) is 3.07. The third-order valence-corrected chi connectivity index (χ3v) is 5.28. The number of aryl methyl sites for hydroxylation is 2. The fraction of sp³-hybridized carbons (Fsp3) is 0.300. The molecule has 1 aromatic heterocycles. The van der Waals surface area contributed by atoms with Crippen molar-refractivity contribution in [2.45, 2.75) is 40.7 Å². The maximum Gasteiger partial charge on any atom is 0.264 e. The average molecular weight is 353 g/mol. The van der Waals surface area contributed by atoms with Gasteiger partial charge in [0.2, 0.25) is 0 Å². The first-order valence-corrected chi connectivity index (χ1v) is 9.21. The van der Waals surface area contributed by atoms with Gasteiger partial charge in [0.05, 0.1) is 10.6 Å². The molecule has 130 valence electrons. The molecule has 2 aromatic rings. The lowest BCUT2D eigenvalue weighted by Crippen LogP contribution is -2.19. The summed E-state index contributed by atoms with van der Waals surface area (Å²) in [6, 6.07) is 8.51. The molecule has 1 N–H and O–H groups in total. The van der Waals surface area contributed by atoms with Crippen LogP contribution in [0, 0.1) is 20.8 Å². The first-order valence-electron chi connectivity index (χ1n) is 8.39. The molecular formula is C20H23N3OS.